The molecule has 1 aromatic heterocycles. The number of aliphatic imine (C=N–C) groups is 1. The zero-order valence-corrected chi connectivity index (χ0v) is 14.6. The van der Waals surface area contributed by atoms with Crippen molar-refractivity contribution < 1.29 is 4.79 Å². The molecule has 1 aromatic carbocycles. The Bertz CT molecular complexity index is 690. The molecule has 2 aromatic rings. The molecule has 6 nitrogen and oxygen atoms in total. The molecule has 0 aliphatic heterocycles. The van der Waals surface area contributed by atoms with Crippen LogP contribution in [0.1, 0.15) is 19.4 Å². The smallest absolute Gasteiger partial charge is 0.222 e. The number of hydrogen-bond acceptors (Lipinski definition) is 2. The number of carbonyl (C=O) groups excluding carboxylic acids is 1. The third-order valence-electron chi connectivity index (χ3n) is 3.83. The van der Waals surface area contributed by atoms with Gasteiger partial charge >= 0.3 is 0 Å². The molecule has 0 bridgehead atoms. The molecule has 0 saturated heterocycles. The van der Waals surface area contributed by atoms with Crippen molar-refractivity contribution >= 4 is 22.8 Å². The van der Waals surface area contributed by atoms with Gasteiger partial charge in [0.05, 0.1) is 0 Å². The minimum Gasteiger partial charge on any atom is -0.361 e. The largest absolute Gasteiger partial charge is 0.361 e. The first-order valence-electron chi connectivity index (χ1n) is 8.39. The highest BCUT2D eigenvalue weighted by Gasteiger charge is 2.06. The van der Waals surface area contributed by atoms with Crippen molar-refractivity contribution in [1.82, 2.24) is 20.9 Å². The van der Waals surface area contributed by atoms with Crippen molar-refractivity contribution in [2.45, 2.75) is 20.3 Å². The van der Waals surface area contributed by atoms with Crippen LogP contribution < -0.4 is 16.0 Å². The normalized spacial score (nSPS) is 11.8. The van der Waals surface area contributed by atoms with Gasteiger partial charge in [0.15, 0.2) is 5.96 Å². The lowest BCUT2D eigenvalue weighted by Gasteiger charge is -2.13. The molecule has 1 amide bonds. The number of nitrogens with one attached hydrogen (secondary N) is 4. The maximum Gasteiger partial charge on any atom is 0.222 e. The summed E-state index contributed by atoms with van der Waals surface area (Å²) in [5.41, 5.74) is 2.45. The fourth-order valence-corrected chi connectivity index (χ4v) is 2.45. The number of guanidine groups is 1. The molecule has 0 saturated carbocycles. The van der Waals surface area contributed by atoms with E-state index in [2.05, 4.69) is 50.3 Å². The highest BCUT2D eigenvalue weighted by molar-refractivity contribution is 5.83. The summed E-state index contributed by atoms with van der Waals surface area (Å²) in [6.07, 6.45) is 2.97. The lowest BCUT2D eigenvalue weighted by Crippen LogP contribution is -2.42. The molecule has 0 aliphatic carbocycles. The van der Waals surface area contributed by atoms with E-state index >= 15 is 0 Å². The number of aromatic nitrogens is 1. The fourth-order valence-electron chi connectivity index (χ4n) is 2.45. The number of amides is 1. The number of nitrogens with zero attached hydrogens (tertiary/aromatic N) is 1. The highest BCUT2D eigenvalue weighted by atomic mass is 16.1. The molecule has 4 N–H and O–H groups in total. The first-order chi connectivity index (χ1) is 11.6. The monoisotopic (exact) mass is 329 g/mol. The summed E-state index contributed by atoms with van der Waals surface area (Å²) in [4.78, 5) is 19.0. The SMILES string of the molecule is CN=C(NCCNC(=O)C(C)C)NCCc1c[nH]c2ccccc12. The third-order valence-corrected chi connectivity index (χ3v) is 3.83. The molecular formula is C18H27N5O. The van der Waals surface area contributed by atoms with E-state index in [4.69, 9.17) is 0 Å². The molecular weight excluding hydrogens is 302 g/mol. The van der Waals surface area contributed by atoms with E-state index < -0.39 is 0 Å². The molecule has 0 unspecified atom stereocenters. The zero-order chi connectivity index (χ0) is 17.4. The Morgan fingerprint density at radius 2 is 1.83 bits per heavy atom. The Balaban J connectivity index is 1.71. The van der Waals surface area contributed by atoms with Crippen molar-refractivity contribution in [1.29, 1.82) is 0 Å². The highest BCUT2D eigenvalue weighted by Crippen LogP contribution is 2.17. The quantitative estimate of drug-likeness (QED) is 0.354. The van der Waals surface area contributed by atoms with Crippen molar-refractivity contribution in [2.24, 2.45) is 10.9 Å². The molecule has 0 radical (unpaired) electrons. The van der Waals surface area contributed by atoms with Crippen LogP contribution in [0.15, 0.2) is 35.5 Å². The molecule has 0 spiro atoms. The maximum absolute atomic E-state index is 11.5. The molecule has 130 valence electrons. The minimum atomic E-state index is 0.0126. The summed E-state index contributed by atoms with van der Waals surface area (Å²) in [6.45, 7) is 5.78. The van der Waals surface area contributed by atoms with Crippen molar-refractivity contribution in [3.8, 4) is 0 Å². The number of para-hydroxylation sites is 1. The summed E-state index contributed by atoms with van der Waals surface area (Å²) in [6, 6.07) is 8.30. The van der Waals surface area contributed by atoms with Gasteiger partial charge in [0.1, 0.15) is 0 Å². The summed E-state index contributed by atoms with van der Waals surface area (Å²) < 4.78 is 0. The van der Waals surface area contributed by atoms with Crippen LogP contribution >= 0.6 is 0 Å². The lowest BCUT2D eigenvalue weighted by molar-refractivity contribution is -0.123. The lowest BCUT2D eigenvalue weighted by atomic mass is 10.1. The Morgan fingerprint density at radius 1 is 1.12 bits per heavy atom. The summed E-state index contributed by atoms with van der Waals surface area (Å²) in [5, 5.41) is 10.6. The second-order valence-corrected chi connectivity index (χ2v) is 5.98. The van der Waals surface area contributed by atoms with E-state index in [9.17, 15) is 4.79 Å². The molecule has 6 heteroatoms. The van der Waals surface area contributed by atoms with Gasteiger partial charge in [-0.25, -0.2) is 0 Å². The van der Waals surface area contributed by atoms with Gasteiger partial charge in [-0.3, -0.25) is 9.79 Å². The number of rotatable bonds is 7. The van der Waals surface area contributed by atoms with Crippen LogP contribution in [-0.2, 0) is 11.2 Å². The van der Waals surface area contributed by atoms with Crippen LogP contribution in [0.25, 0.3) is 10.9 Å². The van der Waals surface area contributed by atoms with Crippen LogP contribution in [0, 0.1) is 5.92 Å². The van der Waals surface area contributed by atoms with Gasteiger partial charge in [-0.05, 0) is 18.1 Å². The zero-order valence-electron chi connectivity index (χ0n) is 14.6. The average Bonchev–Trinajstić information content (AvgIpc) is 3.00. The van der Waals surface area contributed by atoms with Crippen molar-refractivity contribution in [3.05, 3.63) is 36.0 Å². The standard InChI is InChI=1S/C18H27N5O/c1-13(2)17(24)20-10-11-22-18(19-3)21-9-8-14-12-23-16-7-5-4-6-15(14)16/h4-7,12-13,23H,8-11H2,1-3H3,(H,20,24)(H2,19,21,22). The van der Waals surface area contributed by atoms with Crippen LogP contribution in [0.2, 0.25) is 0 Å². The molecule has 0 fully saturated rings. The first-order valence-corrected chi connectivity index (χ1v) is 8.39. The second-order valence-electron chi connectivity index (χ2n) is 5.98. The van der Waals surface area contributed by atoms with E-state index in [1.54, 1.807) is 7.05 Å². The maximum atomic E-state index is 11.5. The number of benzene rings is 1. The summed E-state index contributed by atoms with van der Waals surface area (Å²) in [5.74, 6) is 0.825. The van der Waals surface area contributed by atoms with Crippen LogP contribution in [0.5, 0.6) is 0 Å². The van der Waals surface area contributed by atoms with E-state index in [1.807, 2.05) is 19.9 Å². The van der Waals surface area contributed by atoms with Crippen LogP contribution in [0.3, 0.4) is 0 Å². The molecule has 0 aliphatic rings. The third kappa shape index (κ3) is 5.01. The summed E-state index contributed by atoms with van der Waals surface area (Å²) in [7, 11) is 1.74. The van der Waals surface area contributed by atoms with Gasteiger partial charge in [0.25, 0.3) is 0 Å². The van der Waals surface area contributed by atoms with Gasteiger partial charge < -0.3 is 20.9 Å². The van der Waals surface area contributed by atoms with E-state index in [0.29, 0.717) is 13.1 Å². The average molecular weight is 329 g/mol. The molecule has 0 atom stereocenters. The predicted octanol–water partition coefficient (Wildman–Crippen LogP) is 1.65. The predicted molar refractivity (Wildman–Crippen MR) is 99.2 cm³/mol. The number of H-pyrrole nitrogens is 1. The summed E-state index contributed by atoms with van der Waals surface area (Å²) >= 11 is 0. The van der Waals surface area contributed by atoms with Gasteiger partial charge in [-0.2, -0.15) is 0 Å². The topological polar surface area (TPSA) is 81.3 Å². The van der Waals surface area contributed by atoms with Gasteiger partial charge in [0.2, 0.25) is 5.91 Å². The molecule has 1 heterocycles. The minimum absolute atomic E-state index is 0.0126. The Kier molecular flexibility index (Phi) is 6.66. The molecule has 24 heavy (non-hydrogen) atoms. The number of hydrogen-bond donors (Lipinski definition) is 4. The number of fused-ring (bicyclic) bond motifs is 1. The van der Waals surface area contributed by atoms with Crippen molar-refractivity contribution in [3.63, 3.8) is 0 Å². The van der Waals surface area contributed by atoms with Crippen LogP contribution in [0.4, 0.5) is 0 Å². The Labute approximate surface area is 143 Å². The van der Waals surface area contributed by atoms with E-state index in [-0.39, 0.29) is 11.8 Å². The fraction of sp³-hybridized carbons (Fsp3) is 0.444. The van der Waals surface area contributed by atoms with Gasteiger partial charge in [-0.1, -0.05) is 32.0 Å². The molecule has 2 rings (SSSR count). The number of carbonyl (C=O) groups is 1. The number of aromatic amines is 1. The Hall–Kier alpha value is -2.50. The van der Waals surface area contributed by atoms with Gasteiger partial charge in [0, 0.05) is 49.7 Å². The van der Waals surface area contributed by atoms with E-state index in [1.165, 1.54) is 10.9 Å². The van der Waals surface area contributed by atoms with E-state index in [0.717, 1.165) is 24.4 Å². The van der Waals surface area contributed by atoms with Gasteiger partial charge in [-0.15, -0.1) is 0 Å². The van der Waals surface area contributed by atoms with Crippen molar-refractivity contribution in [2.75, 3.05) is 26.7 Å². The second kappa shape index (κ2) is 8.96. The first kappa shape index (κ1) is 17.8. The van der Waals surface area contributed by atoms with Crippen LogP contribution in [-0.4, -0.2) is 43.5 Å². The Morgan fingerprint density at radius 3 is 2.58 bits per heavy atom.